The number of rotatable bonds is 5. The Morgan fingerprint density at radius 3 is 2.28 bits per heavy atom. The maximum absolute atomic E-state index is 14.4. The molecule has 168 valence electrons. The molecule has 0 amide bonds. The molecule has 32 heavy (non-hydrogen) atoms. The van der Waals surface area contributed by atoms with Gasteiger partial charge in [0.1, 0.15) is 11.5 Å². The first-order valence-corrected chi connectivity index (χ1v) is 12.3. The highest BCUT2D eigenvalue weighted by Crippen LogP contribution is 2.33. The molecular weight excluding hydrogens is 431 g/mol. The number of para-hydroxylation sites is 1. The van der Waals surface area contributed by atoms with Crippen LogP contribution in [0.4, 0.5) is 4.39 Å². The van der Waals surface area contributed by atoms with Crippen molar-refractivity contribution in [1.29, 1.82) is 0 Å². The van der Waals surface area contributed by atoms with Gasteiger partial charge in [-0.25, -0.2) is 4.39 Å². The van der Waals surface area contributed by atoms with Crippen molar-refractivity contribution in [1.82, 2.24) is 19.6 Å². The average molecular weight is 457 g/mol. The highest BCUT2D eigenvalue weighted by atomic mass is 32.2. The molecule has 0 spiro atoms. The minimum atomic E-state index is -3.70. The van der Waals surface area contributed by atoms with Crippen LogP contribution in [0.2, 0.25) is 0 Å². The molecule has 0 atom stereocenters. The lowest BCUT2D eigenvalue weighted by molar-refractivity contribution is 0.120. The first kappa shape index (κ1) is 21.1. The second-order valence-corrected chi connectivity index (χ2v) is 9.92. The first-order chi connectivity index (χ1) is 15.5. The van der Waals surface area contributed by atoms with Crippen molar-refractivity contribution in [3.05, 3.63) is 77.2 Å². The Kier molecular flexibility index (Phi) is 5.71. The molecule has 2 aliphatic rings. The summed E-state index contributed by atoms with van der Waals surface area (Å²) in [5, 5.41) is 4.60. The molecule has 3 aromatic rings. The number of nitrogens with zero attached hydrogens (tertiary/aromatic N) is 4. The molecule has 1 saturated heterocycles. The Labute approximate surface area is 187 Å². The third-order valence-electron chi connectivity index (χ3n) is 6.00. The fourth-order valence-electron chi connectivity index (χ4n) is 4.28. The molecule has 0 bridgehead atoms. The molecule has 9 heteroatoms. The zero-order chi connectivity index (χ0) is 22.1. The van der Waals surface area contributed by atoms with Crippen molar-refractivity contribution in [2.45, 2.75) is 19.5 Å². The van der Waals surface area contributed by atoms with Gasteiger partial charge < -0.3 is 4.18 Å². The summed E-state index contributed by atoms with van der Waals surface area (Å²) in [7, 11) is -3.70. The molecule has 7 nitrogen and oxygen atoms in total. The van der Waals surface area contributed by atoms with E-state index in [9.17, 15) is 12.8 Å². The average Bonchev–Trinajstić information content (AvgIpc) is 3.12. The lowest BCUT2D eigenvalue weighted by atomic mass is 10.1. The molecule has 2 aliphatic heterocycles. The standard InChI is InChI=1S/C23H25FN4O3S/c24-20-8-4-5-9-22(20)28-23-19(10-15-32(29,30)31-23)21(25-28)17-27-13-11-26(12-14-27)16-18-6-2-1-3-7-18/h1-9H,10-17H2. The molecule has 3 heterocycles. The van der Waals surface area contributed by atoms with Crippen LogP contribution in [-0.4, -0.2) is 59.9 Å². The van der Waals surface area contributed by atoms with Crippen molar-refractivity contribution in [2.75, 3.05) is 31.9 Å². The van der Waals surface area contributed by atoms with E-state index in [-0.39, 0.29) is 17.3 Å². The summed E-state index contributed by atoms with van der Waals surface area (Å²) in [6.45, 7) is 5.15. The first-order valence-electron chi connectivity index (χ1n) is 10.7. The summed E-state index contributed by atoms with van der Waals surface area (Å²) < 4.78 is 45.2. The zero-order valence-corrected chi connectivity index (χ0v) is 18.5. The van der Waals surface area contributed by atoms with Crippen LogP contribution in [0.5, 0.6) is 5.88 Å². The summed E-state index contributed by atoms with van der Waals surface area (Å²) in [6, 6.07) is 16.6. The van der Waals surface area contributed by atoms with E-state index in [1.54, 1.807) is 18.2 Å². The zero-order valence-electron chi connectivity index (χ0n) is 17.7. The topological polar surface area (TPSA) is 67.7 Å². The largest absolute Gasteiger partial charge is 0.361 e. The fraction of sp³-hybridized carbons (Fsp3) is 0.348. The van der Waals surface area contributed by atoms with E-state index in [0.29, 0.717) is 13.0 Å². The Morgan fingerprint density at radius 2 is 1.56 bits per heavy atom. The van der Waals surface area contributed by atoms with Gasteiger partial charge in [-0.05, 0) is 24.1 Å². The van der Waals surface area contributed by atoms with Gasteiger partial charge in [-0.3, -0.25) is 9.80 Å². The monoisotopic (exact) mass is 456 g/mol. The normalized spacial score (nSPS) is 18.8. The fourth-order valence-corrected chi connectivity index (χ4v) is 5.23. The summed E-state index contributed by atoms with van der Waals surface area (Å²) in [6.07, 6.45) is 0.315. The molecule has 0 N–H and O–H groups in total. The third kappa shape index (κ3) is 4.41. The van der Waals surface area contributed by atoms with Crippen molar-refractivity contribution >= 4 is 10.1 Å². The van der Waals surface area contributed by atoms with Crippen LogP contribution in [0.3, 0.4) is 0 Å². The van der Waals surface area contributed by atoms with Crippen molar-refractivity contribution in [3.8, 4) is 11.6 Å². The smallest absolute Gasteiger partial charge is 0.311 e. The van der Waals surface area contributed by atoms with Gasteiger partial charge in [0, 0.05) is 44.8 Å². The number of aromatic nitrogens is 2. The maximum atomic E-state index is 14.4. The SMILES string of the molecule is O=S1(=O)CCc2c(CN3CCN(Cc4ccccc4)CC3)nn(-c3ccccc3F)c2O1. The number of fused-ring (bicyclic) bond motifs is 1. The van der Waals surface area contributed by atoms with Gasteiger partial charge in [-0.1, -0.05) is 42.5 Å². The molecule has 1 aromatic heterocycles. The van der Waals surface area contributed by atoms with Crippen LogP contribution in [0, 0.1) is 5.82 Å². The Bertz CT molecular complexity index is 1210. The van der Waals surface area contributed by atoms with Crippen molar-refractivity contribution in [2.24, 2.45) is 0 Å². The Balaban J connectivity index is 1.34. The van der Waals surface area contributed by atoms with Crippen LogP contribution in [0.15, 0.2) is 54.6 Å². The van der Waals surface area contributed by atoms with Crippen LogP contribution in [0.25, 0.3) is 5.69 Å². The number of hydrogen-bond donors (Lipinski definition) is 0. The molecule has 0 aliphatic carbocycles. The van der Waals surface area contributed by atoms with Gasteiger partial charge in [0.15, 0.2) is 0 Å². The van der Waals surface area contributed by atoms with Crippen LogP contribution in [-0.2, 0) is 29.6 Å². The van der Waals surface area contributed by atoms with Crippen molar-refractivity contribution in [3.63, 3.8) is 0 Å². The Hall–Kier alpha value is -2.75. The summed E-state index contributed by atoms with van der Waals surface area (Å²) in [5.74, 6) is -0.467. The minimum Gasteiger partial charge on any atom is -0.361 e. The quantitative estimate of drug-likeness (QED) is 0.550. The van der Waals surface area contributed by atoms with E-state index >= 15 is 0 Å². The van der Waals surface area contributed by atoms with E-state index in [2.05, 4.69) is 39.2 Å². The van der Waals surface area contributed by atoms with E-state index in [0.717, 1.165) is 44.0 Å². The minimum absolute atomic E-state index is 0.0964. The summed E-state index contributed by atoms with van der Waals surface area (Å²) >= 11 is 0. The predicted octanol–water partition coefficient (Wildman–Crippen LogP) is 2.59. The molecule has 0 saturated carbocycles. The van der Waals surface area contributed by atoms with E-state index in [1.165, 1.54) is 16.3 Å². The lowest BCUT2D eigenvalue weighted by Gasteiger charge is -2.34. The van der Waals surface area contributed by atoms with Gasteiger partial charge in [0.2, 0.25) is 5.88 Å². The second-order valence-electron chi connectivity index (χ2n) is 8.23. The Morgan fingerprint density at radius 1 is 0.906 bits per heavy atom. The number of piperazine rings is 1. The van der Waals surface area contributed by atoms with Crippen LogP contribution >= 0.6 is 0 Å². The third-order valence-corrected chi connectivity index (χ3v) is 7.11. The molecule has 2 aromatic carbocycles. The molecule has 5 rings (SSSR count). The molecule has 1 fully saturated rings. The summed E-state index contributed by atoms with van der Waals surface area (Å²) in [4.78, 5) is 4.73. The maximum Gasteiger partial charge on any atom is 0.311 e. The highest BCUT2D eigenvalue weighted by Gasteiger charge is 2.32. The van der Waals surface area contributed by atoms with Crippen molar-refractivity contribution < 1.29 is 17.0 Å². The number of hydrogen-bond acceptors (Lipinski definition) is 6. The number of benzene rings is 2. The second kappa shape index (κ2) is 8.65. The van der Waals surface area contributed by atoms with Crippen LogP contribution in [0.1, 0.15) is 16.8 Å². The van der Waals surface area contributed by atoms with E-state index in [4.69, 9.17) is 4.18 Å². The molecule has 0 unspecified atom stereocenters. The highest BCUT2D eigenvalue weighted by molar-refractivity contribution is 7.87. The van der Waals surface area contributed by atoms with E-state index < -0.39 is 15.9 Å². The van der Waals surface area contributed by atoms with Gasteiger partial charge in [0.25, 0.3) is 0 Å². The van der Waals surface area contributed by atoms with Gasteiger partial charge >= 0.3 is 10.1 Å². The predicted molar refractivity (Wildman–Crippen MR) is 119 cm³/mol. The van der Waals surface area contributed by atoms with Gasteiger partial charge in [0.05, 0.1) is 11.4 Å². The lowest BCUT2D eigenvalue weighted by Crippen LogP contribution is -2.45. The summed E-state index contributed by atoms with van der Waals surface area (Å²) in [5.41, 5.74) is 2.97. The van der Waals surface area contributed by atoms with Gasteiger partial charge in [-0.15, -0.1) is 0 Å². The van der Waals surface area contributed by atoms with Gasteiger partial charge in [-0.2, -0.15) is 18.2 Å². The molecule has 0 radical (unpaired) electrons. The van der Waals surface area contributed by atoms with Crippen LogP contribution < -0.4 is 4.18 Å². The number of halogens is 1. The molecular formula is C23H25FN4O3S. The van der Waals surface area contributed by atoms with E-state index in [1.807, 2.05) is 6.07 Å².